The van der Waals surface area contributed by atoms with E-state index in [2.05, 4.69) is 46.1 Å². The summed E-state index contributed by atoms with van der Waals surface area (Å²) < 4.78 is 1.77. The number of nitrogens with zero attached hydrogens (tertiary/aromatic N) is 2. The van der Waals surface area contributed by atoms with Crippen molar-refractivity contribution in [2.24, 2.45) is 0 Å². The largest absolute Gasteiger partial charge is 0.351 e. The van der Waals surface area contributed by atoms with Crippen LogP contribution in [0.1, 0.15) is 35.6 Å². The summed E-state index contributed by atoms with van der Waals surface area (Å²) in [5.41, 5.74) is 3.81. The Kier molecular flexibility index (Phi) is 4.34. The number of carbonyl (C=O) groups is 1. The first-order chi connectivity index (χ1) is 11.8. The zero-order chi connectivity index (χ0) is 16.4. The number of hydrogen-bond donors (Lipinski definition) is 2. The Morgan fingerprint density at radius 3 is 2.75 bits per heavy atom. The molecule has 1 atom stereocenters. The second kappa shape index (κ2) is 6.77. The van der Waals surface area contributed by atoms with E-state index in [4.69, 9.17) is 0 Å². The van der Waals surface area contributed by atoms with Gasteiger partial charge in [0.15, 0.2) is 0 Å². The van der Waals surface area contributed by atoms with E-state index in [0.717, 1.165) is 31.6 Å². The maximum atomic E-state index is 12.3. The molecule has 126 valence electrons. The SMILES string of the molecule is O=C(Cn1ccc([C@@H]2CCCNC2)n1)NC1Cc2ccccc2C1. The third kappa shape index (κ3) is 3.36. The maximum absolute atomic E-state index is 12.3. The zero-order valence-electron chi connectivity index (χ0n) is 13.9. The smallest absolute Gasteiger partial charge is 0.241 e. The number of rotatable bonds is 4. The normalized spacial score (nSPS) is 20.8. The van der Waals surface area contributed by atoms with Crippen LogP contribution in [0.5, 0.6) is 0 Å². The van der Waals surface area contributed by atoms with Crippen molar-refractivity contribution in [1.82, 2.24) is 20.4 Å². The average Bonchev–Trinajstić information content (AvgIpc) is 3.21. The van der Waals surface area contributed by atoms with Gasteiger partial charge in [-0.05, 0) is 49.4 Å². The van der Waals surface area contributed by atoms with Crippen molar-refractivity contribution >= 4 is 5.91 Å². The number of hydrogen-bond acceptors (Lipinski definition) is 3. The van der Waals surface area contributed by atoms with Gasteiger partial charge in [0.05, 0.1) is 5.69 Å². The minimum Gasteiger partial charge on any atom is -0.351 e. The standard InChI is InChI=1S/C19H24N4O/c24-19(21-17-10-14-4-1-2-5-15(14)11-17)13-23-9-7-18(22-23)16-6-3-8-20-12-16/h1-2,4-5,7,9,16-17,20H,3,6,8,10-13H2,(H,21,24)/t16-/m1/s1. The predicted molar refractivity (Wildman–Crippen MR) is 92.9 cm³/mol. The second-order valence-electron chi connectivity index (χ2n) is 6.92. The summed E-state index contributed by atoms with van der Waals surface area (Å²) in [7, 11) is 0. The lowest BCUT2D eigenvalue weighted by molar-refractivity contribution is -0.122. The molecule has 5 heteroatoms. The predicted octanol–water partition coefficient (Wildman–Crippen LogP) is 1.63. The quantitative estimate of drug-likeness (QED) is 0.899. The van der Waals surface area contributed by atoms with Crippen LogP contribution in [0.2, 0.25) is 0 Å². The Morgan fingerprint density at radius 2 is 2.04 bits per heavy atom. The van der Waals surface area contributed by atoms with Gasteiger partial charge in [0, 0.05) is 24.7 Å². The molecule has 2 N–H and O–H groups in total. The van der Waals surface area contributed by atoms with Gasteiger partial charge in [0.1, 0.15) is 6.54 Å². The topological polar surface area (TPSA) is 59.0 Å². The van der Waals surface area contributed by atoms with Crippen LogP contribution >= 0.6 is 0 Å². The Morgan fingerprint density at radius 1 is 1.25 bits per heavy atom. The molecule has 2 heterocycles. The number of piperidine rings is 1. The third-order valence-corrected chi connectivity index (χ3v) is 5.10. The molecule has 5 nitrogen and oxygen atoms in total. The number of carbonyl (C=O) groups excluding carboxylic acids is 1. The zero-order valence-corrected chi connectivity index (χ0v) is 13.9. The molecule has 2 aromatic rings. The summed E-state index contributed by atoms with van der Waals surface area (Å²) in [6, 6.07) is 10.7. The van der Waals surface area contributed by atoms with Crippen LogP contribution in [0.4, 0.5) is 0 Å². The van der Waals surface area contributed by atoms with Gasteiger partial charge in [-0.15, -0.1) is 0 Å². The summed E-state index contributed by atoms with van der Waals surface area (Å²) in [4.78, 5) is 12.3. The van der Waals surface area contributed by atoms with Crippen molar-refractivity contribution < 1.29 is 4.79 Å². The van der Waals surface area contributed by atoms with Crippen LogP contribution in [-0.2, 0) is 24.2 Å². The monoisotopic (exact) mass is 324 g/mol. The number of nitrogens with one attached hydrogen (secondary N) is 2. The molecular formula is C19H24N4O. The van der Waals surface area contributed by atoms with E-state index in [9.17, 15) is 4.79 Å². The van der Waals surface area contributed by atoms with Gasteiger partial charge in [-0.1, -0.05) is 24.3 Å². The van der Waals surface area contributed by atoms with Crippen LogP contribution in [-0.4, -0.2) is 34.8 Å². The highest BCUT2D eigenvalue weighted by Crippen LogP contribution is 2.22. The van der Waals surface area contributed by atoms with E-state index in [-0.39, 0.29) is 11.9 Å². The Hall–Kier alpha value is -2.14. The summed E-state index contributed by atoms with van der Waals surface area (Å²) in [5, 5.41) is 11.2. The van der Waals surface area contributed by atoms with Crippen molar-refractivity contribution in [3.05, 3.63) is 53.3 Å². The molecule has 0 bridgehead atoms. The molecule has 24 heavy (non-hydrogen) atoms. The minimum atomic E-state index is 0.0456. The van der Waals surface area contributed by atoms with E-state index in [0.29, 0.717) is 12.5 Å². The number of benzene rings is 1. The molecule has 0 unspecified atom stereocenters. The van der Waals surface area contributed by atoms with E-state index < -0.39 is 0 Å². The van der Waals surface area contributed by atoms with Crippen molar-refractivity contribution in [1.29, 1.82) is 0 Å². The first-order valence-electron chi connectivity index (χ1n) is 8.88. The van der Waals surface area contributed by atoms with Gasteiger partial charge in [0.2, 0.25) is 5.91 Å². The molecule has 1 aliphatic carbocycles. The van der Waals surface area contributed by atoms with Gasteiger partial charge >= 0.3 is 0 Å². The molecule has 0 spiro atoms. The molecule has 0 radical (unpaired) electrons. The number of fused-ring (bicyclic) bond motifs is 1. The van der Waals surface area contributed by atoms with Crippen LogP contribution in [0.15, 0.2) is 36.5 Å². The fraction of sp³-hybridized carbons (Fsp3) is 0.474. The van der Waals surface area contributed by atoms with Crippen LogP contribution < -0.4 is 10.6 Å². The molecule has 1 amide bonds. The van der Waals surface area contributed by atoms with Crippen molar-refractivity contribution in [3.63, 3.8) is 0 Å². The Labute approximate surface area is 142 Å². The van der Waals surface area contributed by atoms with Crippen molar-refractivity contribution in [3.8, 4) is 0 Å². The van der Waals surface area contributed by atoms with E-state index in [1.165, 1.54) is 24.0 Å². The molecule has 1 saturated heterocycles. The number of aromatic nitrogens is 2. The molecule has 1 aliphatic heterocycles. The highest BCUT2D eigenvalue weighted by molar-refractivity contribution is 5.76. The van der Waals surface area contributed by atoms with Crippen LogP contribution in [0.25, 0.3) is 0 Å². The van der Waals surface area contributed by atoms with Gasteiger partial charge in [-0.25, -0.2) is 0 Å². The average molecular weight is 324 g/mol. The highest BCUT2D eigenvalue weighted by atomic mass is 16.2. The van der Waals surface area contributed by atoms with Gasteiger partial charge in [-0.2, -0.15) is 5.10 Å². The summed E-state index contributed by atoms with van der Waals surface area (Å²) >= 11 is 0. The molecule has 1 fully saturated rings. The fourth-order valence-electron chi connectivity index (χ4n) is 3.87. The summed E-state index contributed by atoms with van der Waals surface area (Å²) in [6.07, 6.45) is 6.16. The molecule has 4 rings (SSSR count). The molecule has 0 saturated carbocycles. The van der Waals surface area contributed by atoms with Gasteiger partial charge in [0.25, 0.3) is 0 Å². The fourth-order valence-corrected chi connectivity index (χ4v) is 3.87. The lowest BCUT2D eigenvalue weighted by atomic mass is 9.97. The van der Waals surface area contributed by atoms with Gasteiger partial charge in [-0.3, -0.25) is 9.48 Å². The first kappa shape index (κ1) is 15.4. The third-order valence-electron chi connectivity index (χ3n) is 5.10. The Bertz CT molecular complexity index is 693. The van der Waals surface area contributed by atoms with Crippen molar-refractivity contribution in [2.75, 3.05) is 13.1 Å². The van der Waals surface area contributed by atoms with E-state index in [1.807, 2.05) is 6.20 Å². The lowest BCUT2D eigenvalue weighted by Gasteiger charge is -2.20. The first-order valence-corrected chi connectivity index (χ1v) is 8.88. The maximum Gasteiger partial charge on any atom is 0.241 e. The van der Waals surface area contributed by atoms with E-state index in [1.54, 1.807) is 4.68 Å². The van der Waals surface area contributed by atoms with E-state index >= 15 is 0 Å². The van der Waals surface area contributed by atoms with Crippen LogP contribution in [0.3, 0.4) is 0 Å². The molecular weight excluding hydrogens is 300 g/mol. The number of amides is 1. The molecule has 1 aromatic heterocycles. The second-order valence-corrected chi connectivity index (χ2v) is 6.92. The Balaban J connectivity index is 1.31. The van der Waals surface area contributed by atoms with Gasteiger partial charge < -0.3 is 10.6 Å². The summed E-state index contributed by atoms with van der Waals surface area (Å²) in [6.45, 7) is 2.39. The van der Waals surface area contributed by atoms with Crippen molar-refractivity contribution in [2.45, 2.75) is 44.2 Å². The minimum absolute atomic E-state index is 0.0456. The molecule has 1 aromatic carbocycles. The summed E-state index contributed by atoms with van der Waals surface area (Å²) in [5.74, 6) is 0.525. The highest BCUT2D eigenvalue weighted by Gasteiger charge is 2.23. The lowest BCUT2D eigenvalue weighted by Crippen LogP contribution is -2.37. The van der Waals surface area contributed by atoms with Crippen LogP contribution in [0, 0.1) is 0 Å². The molecule has 2 aliphatic rings.